The Hall–Kier alpha value is -2.46. The molecule has 3 aromatic carbocycles. The molecule has 0 amide bonds. The van der Waals surface area contributed by atoms with E-state index < -0.39 is 0 Å². The van der Waals surface area contributed by atoms with Crippen molar-refractivity contribution in [2.45, 2.75) is 104 Å². The fourth-order valence-corrected chi connectivity index (χ4v) is 5.80. The minimum atomic E-state index is -0.291. The Kier molecular flexibility index (Phi) is 9.77. The van der Waals surface area contributed by atoms with Crippen molar-refractivity contribution in [3.8, 4) is 0 Å². The van der Waals surface area contributed by atoms with Crippen molar-refractivity contribution in [1.82, 2.24) is 0 Å². The van der Waals surface area contributed by atoms with Crippen molar-refractivity contribution < 1.29 is 15.3 Å². The molecule has 218 valence electrons. The Bertz CT molecular complexity index is 1250. The van der Waals surface area contributed by atoms with E-state index in [4.69, 9.17) is 0 Å². The first-order chi connectivity index (χ1) is 18.6. The Balaban J connectivity index is 2.10. The van der Waals surface area contributed by atoms with E-state index in [0.717, 1.165) is 23.1 Å². The Morgan fingerprint density at radius 1 is 0.525 bits per heavy atom. The molecule has 0 aliphatic carbocycles. The number of hydrogen-bond acceptors (Lipinski definition) is 3. The Morgan fingerprint density at radius 3 is 1.10 bits per heavy atom. The monoisotopic (exact) mass is 544 g/mol. The van der Waals surface area contributed by atoms with Crippen LogP contribution in [0.5, 0.6) is 0 Å². The summed E-state index contributed by atoms with van der Waals surface area (Å²) in [7, 11) is 0. The number of hydrogen-bond donors (Lipinski definition) is 3. The molecule has 3 rings (SSSR count). The molecule has 0 saturated carbocycles. The largest absolute Gasteiger partial charge is 0.395 e. The van der Waals surface area contributed by atoms with Crippen LogP contribution in [0.3, 0.4) is 0 Å². The molecule has 0 spiro atoms. The molecule has 0 heterocycles. The Labute approximate surface area is 243 Å². The summed E-state index contributed by atoms with van der Waals surface area (Å²) >= 11 is 0. The summed E-state index contributed by atoms with van der Waals surface area (Å²) in [6, 6.07) is 20.1. The average Bonchev–Trinajstić information content (AvgIpc) is 2.91. The molecule has 0 radical (unpaired) electrons. The highest BCUT2D eigenvalue weighted by atomic mass is 16.3. The van der Waals surface area contributed by atoms with Gasteiger partial charge in [-0.25, -0.2) is 0 Å². The number of aryl methyl sites for hydroxylation is 3. The van der Waals surface area contributed by atoms with Crippen molar-refractivity contribution in [2.24, 2.45) is 0 Å². The number of aliphatic hydroxyl groups is 3. The third kappa shape index (κ3) is 6.70. The lowest BCUT2D eigenvalue weighted by Crippen LogP contribution is -2.23. The van der Waals surface area contributed by atoms with Gasteiger partial charge >= 0.3 is 0 Å². The maximum atomic E-state index is 9.97. The van der Waals surface area contributed by atoms with Crippen molar-refractivity contribution in [2.75, 3.05) is 19.8 Å². The predicted octanol–water partition coefficient (Wildman–Crippen LogP) is 7.75. The summed E-state index contributed by atoms with van der Waals surface area (Å²) in [6.07, 6.45) is 0.955. The molecule has 3 nitrogen and oxygen atoms in total. The van der Waals surface area contributed by atoms with Gasteiger partial charge in [-0.05, 0) is 83.2 Å². The summed E-state index contributed by atoms with van der Waals surface area (Å²) in [5, 5.41) is 29.8. The highest BCUT2D eigenvalue weighted by Crippen LogP contribution is 2.41. The second-order valence-corrected chi connectivity index (χ2v) is 14.0. The molecule has 3 heteroatoms. The van der Waals surface area contributed by atoms with Crippen LogP contribution < -0.4 is 0 Å². The maximum absolute atomic E-state index is 9.97. The highest BCUT2D eigenvalue weighted by Gasteiger charge is 2.27. The smallest absolute Gasteiger partial charge is 0.0522 e. The van der Waals surface area contributed by atoms with Crippen molar-refractivity contribution in [3.05, 3.63) is 105 Å². The summed E-state index contributed by atoms with van der Waals surface area (Å²) in [6.45, 7) is 21.7. The molecule has 0 saturated heterocycles. The molecular formula is C37H52O3. The van der Waals surface area contributed by atoms with Crippen LogP contribution in [-0.4, -0.2) is 35.1 Å². The van der Waals surface area contributed by atoms with Gasteiger partial charge in [0.05, 0.1) is 19.8 Å². The Morgan fingerprint density at radius 2 is 0.825 bits per heavy atom. The molecule has 0 fully saturated rings. The summed E-state index contributed by atoms with van der Waals surface area (Å²) in [5.74, 6) is 0.512. The quantitative estimate of drug-likeness (QED) is 0.231. The molecule has 3 aromatic rings. The van der Waals surface area contributed by atoms with Gasteiger partial charge in [-0.3, -0.25) is 0 Å². The first kappa shape index (κ1) is 32.1. The third-order valence-electron chi connectivity index (χ3n) is 9.21. The molecule has 1 atom stereocenters. The van der Waals surface area contributed by atoms with Crippen LogP contribution in [-0.2, 0) is 16.2 Å². The highest BCUT2D eigenvalue weighted by molar-refractivity contribution is 5.46. The van der Waals surface area contributed by atoms with Gasteiger partial charge in [-0.2, -0.15) is 0 Å². The molecule has 0 aromatic heterocycles. The minimum absolute atomic E-state index is 0.107. The standard InChI is InChI=1S/C37H52O3/c1-24-17-28(35(5,6)21-38)11-14-31(24)27(4)20-34(32-15-12-29(18-25(32)2)36(7,8)22-39)33-16-13-30(19-26(33)3)37(9,10)23-40/h11-19,27,34,38-40H,20-23H2,1-10H3. The maximum Gasteiger partial charge on any atom is 0.0522 e. The lowest BCUT2D eigenvalue weighted by Gasteiger charge is -2.30. The summed E-state index contributed by atoms with van der Waals surface area (Å²) in [4.78, 5) is 0. The third-order valence-corrected chi connectivity index (χ3v) is 9.21. The zero-order valence-corrected chi connectivity index (χ0v) is 26.5. The first-order valence-electron chi connectivity index (χ1n) is 14.7. The van der Waals surface area contributed by atoms with E-state index in [2.05, 4.69) is 124 Å². The van der Waals surface area contributed by atoms with Gasteiger partial charge in [0.15, 0.2) is 0 Å². The van der Waals surface area contributed by atoms with E-state index in [1.54, 1.807) is 0 Å². The molecule has 3 N–H and O–H groups in total. The normalized spacial score (nSPS) is 13.7. The van der Waals surface area contributed by atoms with Crippen LogP contribution in [0.25, 0.3) is 0 Å². The molecule has 40 heavy (non-hydrogen) atoms. The number of benzene rings is 3. The molecule has 1 unspecified atom stereocenters. The van der Waals surface area contributed by atoms with Crippen LogP contribution >= 0.6 is 0 Å². The second kappa shape index (κ2) is 12.2. The van der Waals surface area contributed by atoms with Gasteiger partial charge in [-0.1, -0.05) is 103 Å². The van der Waals surface area contributed by atoms with Crippen molar-refractivity contribution in [3.63, 3.8) is 0 Å². The second-order valence-electron chi connectivity index (χ2n) is 14.0. The fourth-order valence-electron chi connectivity index (χ4n) is 5.80. The lowest BCUT2D eigenvalue weighted by atomic mass is 9.75. The predicted molar refractivity (Wildman–Crippen MR) is 169 cm³/mol. The topological polar surface area (TPSA) is 60.7 Å². The van der Waals surface area contributed by atoms with Gasteiger partial charge in [0.1, 0.15) is 0 Å². The number of aliphatic hydroxyl groups excluding tert-OH is 3. The fraction of sp³-hybridized carbons (Fsp3) is 0.514. The van der Waals surface area contributed by atoms with E-state index in [1.807, 2.05) is 0 Å². The summed E-state index contributed by atoms with van der Waals surface area (Å²) in [5.41, 5.74) is 10.3. The number of rotatable bonds is 11. The summed E-state index contributed by atoms with van der Waals surface area (Å²) < 4.78 is 0. The van der Waals surface area contributed by atoms with Crippen LogP contribution in [0.1, 0.15) is 117 Å². The zero-order valence-electron chi connectivity index (χ0n) is 26.5. The van der Waals surface area contributed by atoms with Gasteiger partial charge < -0.3 is 15.3 Å². The van der Waals surface area contributed by atoms with Gasteiger partial charge in [0.2, 0.25) is 0 Å². The van der Waals surface area contributed by atoms with Crippen LogP contribution in [0.2, 0.25) is 0 Å². The first-order valence-corrected chi connectivity index (χ1v) is 14.7. The van der Waals surface area contributed by atoms with Crippen LogP contribution in [0.15, 0.2) is 54.6 Å². The van der Waals surface area contributed by atoms with E-state index in [1.165, 1.54) is 33.4 Å². The van der Waals surface area contributed by atoms with Crippen molar-refractivity contribution in [1.29, 1.82) is 0 Å². The lowest BCUT2D eigenvalue weighted by molar-refractivity contribution is 0.218. The average molecular weight is 545 g/mol. The van der Waals surface area contributed by atoms with Gasteiger partial charge in [0.25, 0.3) is 0 Å². The van der Waals surface area contributed by atoms with E-state index in [-0.39, 0.29) is 42.0 Å². The minimum Gasteiger partial charge on any atom is -0.395 e. The van der Waals surface area contributed by atoms with Crippen LogP contribution in [0, 0.1) is 20.8 Å². The van der Waals surface area contributed by atoms with E-state index in [0.29, 0.717) is 5.92 Å². The van der Waals surface area contributed by atoms with E-state index in [9.17, 15) is 15.3 Å². The zero-order chi connectivity index (χ0) is 30.0. The van der Waals surface area contributed by atoms with Gasteiger partial charge in [-0.15, -0.1) is 0 Å². The molecule has 0 bridgehead atoms. The molecule has 0 aliphatic heterocycles. The molecular weight excluding hydrogens is 492 g/mol. The van der Waals surface area contributed by atoms with Gasteiger partial charge in [0, 0.05) is 22.2 Å². The van der Waals surface area contributed by atoms with Crippen LogP contribution in [0.4, 0.5) is 0 Å². The van der Waals surface area contributed by atoms with E-state index >= 15 is 0 Å². The van der Waals surface area contributed by atoms with Crippen molar-refractivity contribution >= 4 is 0 Å². The molecule has 0 aliphatic rings. The SMILES string of the molecule is Cc1cc(C(C)(C)CO)ccc1C(C)CC(c1ccc(C(C)(C)CO)cc1C)c1ccc(C(C)(C)CO)cc1C.